The van der Waals surface area contributed by atoms with Gasteiger partial charge in [0.25, 0.3) is 0 Å². The summed E-state index contributed by atoms with van der Waals surface area (Å²) in [6, 6.07) is 3.89. The van der Waals surface area contributed by atoms with Crippen LogP contribution in [0, 0.1) is 6.92 Å². The molecule has 0 saturated heterocycles. The number of aryl methyl sites for hydroxylation is 1. The molecule has 1 rings (SSSR count). The molecule has 0 saturated carbocycles. The number of carbonyl (C=O) groups is 1. The Morgan fingerprint density at radius 1 is 1.64 bits per heavy atom. The molecule has 14 heavy (non-hydrogen) atoms. The Labute approximate surface area is 88.1 Å². The van der Waals surface area contributed by atoms with Gasteiger partial charge in [0.1, 0.15) is 6.04 Å². The van der Waals surface area contributed by atoms with E-state index in [1.807, 2.05) is 0 Å². The number of carbonyl (C=O) groups excluding carboxylic acids is 1. The summed E-state index contributed by atoms with van der Waals surface area (Å²) in [6.45, 7) is 4.58. The van der Waals surface area contributed by atoms with Gasteiger partial charge in [0.05, 0.1) is 7.11 Å². The number of esters is 1. The summed E-state index contributed by atoms with van der Waals surface area (Å²) in [5.41, 5.74) is 0. The SMILES string of the molecule is COC(=O)[C@H](C)NCc1ccc(C)s1. The summed E-state index contributed by atoms with van der Waals surface area (Å²) in [7, 11) is 1.40. The lowest BCUT2D eigenvalue weighted by Crippen LogP contribution is -2.34. The molecule has 0 aliphatic rings. The van der Waals surface area contributed by atoms with Crippen molar-refractivity contribution in [3.05, 3.63) is 21.9 Å². The van der Waals surface area contributed by atoms with Crippen molar-refractivity contribution in [2.24, 2.45) is 0 Å². The first-order chi connectivity index (χ1) is 6.63. The number of hydrogen-bond acceptors (Lipinski definition) is 4. The monoisotopic (exact) mass is 213 g/mol. The van der Waals surface area contributed by atoms with Gasteiger partial charge in [-0.1, -0.05) is 0 Å². The Balaban J connectivity index is 2.37. The van der Waals surface area contributed by atoms with Crippen LogP contribution in [0.15, 0.2) is 12.1 Å². The lowest BCUT2D eigenvalue weighted by molar-refractivity contribution is -0.142. The maximum absolute atomic E-state index is 11.1. The zero-order chi connectivity index (χ0) is 10.6. The first kappa shape index (κ1) is 11.2. The highest BCUT2D eigenvalue weighted by Gasteiger charge is 2.11. The highest BCUT2D eigenvalue weighted by molar-refractivity contribution is 7.11. The van der Waals surface area contributed by atoms with Crippen LogP contribution in [0.5, 0.6) is 0 Å². The Morgan fingerprint density at radius 3 is 2.86 bits per heavy atom. The highest BCUT2D eigenvalue weighted by atomic mass is 32.1. The predicted octanol–water partition coefficient (Wildman–Crippen LogP) is 1.71. The summed E-state index contributed by atoms with van der Waals surface area (Å²) in [6.07, 6.45) is 0. The van der Waals surface area contributed by atoms with E-state index in [0.717, 1.165) is 6.54 Å². The van der Waals surface area contributed by atoms with E-state index in [1.165, 1.54) is 16.9 Å². The average molecular weight is 213 g/mol. The van der Waals surface area contributed by atoms with Crippen molar-refractivity contribution in [3.63, 3.8) is 0 Å². The van der Waals surface area contributed by atoms with Gasteiger partial charge >= 0.3 is 5.97 Å². The molecule has 0 spiro atoms. The molecular formula is C10H15NO2S. The van der Waals surface area contributed by atoms with Crippen LogP contribution in [-0.4, -0.2) is 19.1 Å². The van der Waals surface area contributed by atoms with Crippen molar-refractivity contribution in [1.82, 2.24) is 5.32 Å². The van der Waals surface area contributed by atoms with E-state index in [0.29, 0.717) is 0 Å². The topological polar surface area (TPSA) is 38.3 Å². The van der Waals surface area contributed by atoms with Crippen LogP contribution >= 0.6 is 11.3 Å². The van der Waals surface area contributed by atoms with Gasteiger partial charge in [0.15, 0.2) is 0 Å². The molecular weight excluding hydrogens is 198 g/mol. The third-order valence-electron chi connectivity index (χ3n) is 1.93. The maximum Gasteiger partial charge on any atom is 0.322 e. The molecule has 0 unspecified atom stereocenters. The molecule has 78 valence electrons. The van der Waals surface area contributed by atoms with Crippen LogP contribution in [0.2, 0.25) is 0 Å². The Bertz CT molecular complexity index is 309. The molecule has 1 N–H and O–H groups in total. The standard InChI is InChI=1S/C10H15NO2S/c1-7-4-5-9(14-7)6-11-8(2)10(12)13-3/h4-5,8,11H,6H2,1-3H3/t8-/m0/s1. The molecule has 0 amide bonds. The molecule has 4 heteroatoms. The molecule has 0 bridgehead atoms. The molecule has 0 radical (unpaired) electrons. The van der Waals surface area contributed by atoms with Gasteiger partial charge in [0.2, 0.25) is 0 Å². The van der Waals surface area contributed by atoms with Crippen molar-refractivity contribution in [2.75, 3.05) is 7.11 Å². The number of rotatable bonds is 4. The molecule has 0 aromatic carbocycles. The second-order valence-electron chi connectivity index (χ2n) is 3.14. The van der Waals surface area contributed by atoms with Gasteiger partial charge in [-0.2, -0.15) is 0 Å². The highest BCUT2D eigenvalue weighted by Crippen LogP contribution is 2.14. The normalized spacial score (nSPS) is 12.5. The lowest BCUT2D eigenvalue weighted by Gasteiger charge is -2.09. The van der Waals surface area contributed by atoms with Crippen LogP contribution in [0.3, 0.4) is 0 Å². The first-order valence-electron chi connectivity index (χ1n) is 4.50. The summed E-state index contributed by atoms with van der Waals surface area (Å²) in [5.74, 6) is -0.224. The fourth-order valence-electron chi connectivity index (χ4n) is 1.09. The summed E-state index contributed by atoms with van der Waals surface area (Å²) in [4.78, 5) is 13.6. The molecule has 3 nitrogen and oxygen atoms in total. The molecule has 1 atom stereocenters. The fourth-order valence-corrected chi connectivity index (χ4v) is 1.94. The van der Waals surface area contributed by atoms with E-state index >= 15 is 0 Å². The first-order valence-corrected chi connectivity index (χ1v) is 5.31. The predicted molar refractivity (Wildman–Crippen MR) is 57.4 cm³/mol. The van der Waals surface area contributed by atoms with Crippen LogP contribution < -0.4 is 5.32 Å². The largest absolute Gasteiger partial charge is 0.468 e. The molecule has 1 aromatic heterocycles. The number of thiophene rings is 1. The van der Waals surface area contributed by atoms with E-state index in [-0.39, 0.29) is 12.0 Å². The van der Waals surface area contributed by atoms with Gasteiger partial charge < -0.3 is 4.74 Å². The zero-order valence-electron chi connectivity index (χ0n) is 8.66. The molecule has 0 aliphatic heterocycles. The van der Waals surface area contributed by atoms with E-state index in [4.69, 9.17) is 0 Å². The minimum Gasteiger partial charge on any atom is -0.468 e. The second-order valence-corrected chi connectivity index (χ2v) is 4.51. The Hall–Kier alpha value is -0.870. The molecule has 0 fully saturated rings. The average Bonchev–Trinajstić information content (AvgIpc) is 2.59. The molecule has 1 heterocycles. The minimum atomic E-state index is -0.248. The van der Waals surface area contributed by atoms with Crippen molar-refractivity contribution in [2.45, 2.75) is 26.4 Å². The number of hydrogen-bond donors (Lipinski definition) is 1. The zero-order valence-corrected chi connectivity index (χ0v) is 9.48. The quantitative estimate of drug-likeness (QED) is 0.774. The Kier molecular flexibility index (Phi) is 4.10. The lowest BCUT2D eigenvalue weighted by atomic mass is 10.3. The van der Waals surface area contributed by atoms with E-state index in [9.17, 15) is 4.79 Å². The molecule has 1 aromatic rings. The fraction of sp³-hybridized carbons (Fsp3) is 0.500. The summed E-state index contributed by atoms with van der Waals surface area (Å²) in [5, 5.41) is 3.10. The number of nitrogens with one attached hydrogen (secondary N) is 1. The van der Waals surface area contributed by atoms with Gasteiger partial charge in [0, 0.05) is 16.3 Å². The third kappa shape index (κ3) is 3.12. The van der Waals surface area contributed by atoms with Gasteiger partial charge in [-0.3, -0.25) is 10.1 Å². The maximum atomic E-state index is 11.1. The van der Waals surface area contributed by atoms with Gasteiger partial charge in [-0.15, -0.1) is 11.3 Å². The van der Waals surface area contributed by atoms with Crippen molar-refractivity contribution in [3.8, 4) is 0 Å². The van der Waals surface area contributed by atoms with Gasteiger partial charge in [-0.05, 0) is 26.0 Å². The number of ether oxygens (including phenoxy) is 1. The summed E-state index contributed by atoms with van der Waals surface area (Å²) < 4.78 is 4.61. The molecule has 0 aliphatic carbocycles. The van der Waals surface area contributed by atoms with Crippen LogP contribution in [0.4, 0.5) is 0 Å². The van der Waals surface area contributed by atoms with Crippen molar-refractivity contribution < 1.29 is 9.53 Å². The van der Waals surface area contributed by atoms with Crippen LogP contribution in [0.1, 0.15) is 16.7 Å². The summed E-state index contributed by atoms with van der Waals surface area (Å²) >= 11 is 1.73. The Morgan fingerprint density at radius 2 is 2.36 bits per heavy atom. The smallest absolute Gasteiger partial charge is 0.322 e. The van der Waals surface area contributed by atoms with Gasteiger partial charge in [-0.25, -0.2) is 0 Å². The second kappa shape index (κ2) is 5.12. The van der Waals surface area contributed by atoms with Crippen molar-refractivity contribution >= 4 is 17.3 Å². The minimum absolute atomic E-state index is 0.224. The van der Waals surface area contributed by atoms with Crippen LogP contribution in [0.25, 0.3) is 0 Å². The van der Waals surface area contributed by atoms with Crippen LogP contribution in [-0.2, 0) is 16.1 Å². The van der Waals surface area contributed by atoms with Crippen molar-refractivity contribution in [1.29, 1.82) is 0 Å². The van der Waals surface area contributed by atoms with E-state index < -0.39 is 0 Å². The van der Waals surface area contributed by atoms with E-state index in [2.05, 4.69) is 29.1 Å². The third-order valence-corrected chi connectivity index (χ3v) is 2.93. The van der Waals surface area contributed by atoms with E-state index in [1.54, 1.807) is 18.3 Å². The number of methoxy groups -OCH3 is 1.